The lowest BCUT2D eigenvalue weighted by molar-refractivity contribution is 0.248. The summed E-state index contributed by atoms with van der Waals surface area (Å²) in [5.74, 6) is 0. The zero-order valence-corrected chi connectivity index (χ0v) is 24.0. The molecule has 2 aromatic carbocycles. The summed E-state index contributed by atoms with van der Waals surface area (Å²) in [6.07, 6.45) is 10.0. The minimum Gasteiger partial charge on any atom is -0.298 e. The number of pyridine rings is 2. The largest absolute Gasteiger partial charge is 0.298 e. The number of likely N-dealkylation sites (tertiary alicyclic amines) is 1. The van der Waals surface area contributed by atoms with E-state index < -0.39 is 10.1 Å². The van der Waals surface area contributed by atoms with Gasteiger partial charge in [0.05, 0.1) is 10.6 Å². The van der Waals surface area contributed by atoms with Gasteiger partial charge in [0.25, 0.3) is 10.1 Å². The van der Waals surface area contributed by atoms with Gasteiger partial charge in [0.2, 0.25) is 0 Å². The highest BCUT2D eigenvalue weighted by Crippen LogP contribution is 2.38. The van der Waals surface area contributed by atoms with Crippen molar-refractivity contribution in [2.45, 2.75) is 44.0 Å². The molecule has 206 valence electrons. The van der Waals surface area contributed by atoms with E-state index in [0.717, 1.165) is 50.3 Å². The first-order chi connectivity index (χ1) is 19.3. The van der Waals surface area contributed by atoms with E-state index in [2.05, 4.69) is 47.1 Å². The van der Waals surface area contributed by atoms with E-state index in [0.29, 0.717) is 0 Å². The van der Waals surface area contributed by atoms with Crippen molar-refractivity contribution in [1.29, 1.82) is 0 Å². The highest BCUT2D eigenvalue weighted by molar-refractivity contribution is 7.85. The zero-order chi connectivity index (χ0) is 28.1. The first-order valence-electron chi connectivity index (χ1n) is 13.4. The number of hydrogen-bond donors (Lipinski definition) is 1. The molecule has 4 aromatic rings. The van der Waals surface area contributed by atoms with Gasteiger partial charge in [-0.05, 0) is 90.8 Å². The van der Waals surface area contributed by atoms with E-state index in [1.165, 1.54) is 56.8 Å². The van der Waals surface area contributed by atoms with E-state index >= 15 is 0 Å². The molecule has 0 unspecified atom stereocenters. The molecule has 3 heterocycles. The van der Waals surface area contributed by atoms with Gasteiger partial charge in [-0.25, -0.2) is 0 Å². The van der Waals surface area contributed by atoms with Crippen LogP contribution >= 0.6 is 11.6 Å². The molecule has 40 heavy (non-hydrogen) atoms. The lowest BCUT2D eigenvalue weighted by Crippen LogP contribution is -2.30. The number of halogens is 1. The van der Waals surface area contributed by atoms with Gasteiger partial charge >= 0.3 is 0 Å². The van der Waals surface area contributed by atoms with E-state index in [4.69, 9.17) is 21.1 Å². The van der Waals surface area contributed by atoms with Crippen molar-refractivity contribution >= 4 is 27.3 Å². The highest BCUT2D eigenvalue weighted by Gasteiger charge is 2.25. The lowest BCUT2D eigenvalue weighted by atomic mass is 9.88. The Bertz CT molecular complexity index is 1630. The fourth-order valence-electron chi connectivity index (χ4n) is 5.42. The molecule has 0 amide bonds. The van der Waals surface area contributed by atoms with Crippen LogP contribution in [0.15, 0.2) is 95.8 Å². The summed E-state index contributed by atoms with van der Waals surface area (Å²) in [6, 6.07) is 20.3. The number of aryl methyl sites for hydroxylation is 3. The molecule has 0 radical (unpaired) electrons. The molecular formula is C32H32ClN3O3S. The van der Waals surface area contributed by atoms with E-state index in [9.17, 15) is 8.42 Å². The normalized spacial score (nSPS) is 15.4. The van der Waals surface area contributed by atoms with Gasteiger partial charge in [-0.3, -0.25) is 19.4 Å². The molecule has 6 rings (SSSR count). The summed E-state index contributed by atoms with van der Waals surface area (Å²) in [6.45, 7) is 5.21. The van der Waals surface area contributed by atoms with Gasteiger partial charge in [0, 0.05) is 48.8 Å². The van der Waals surface area contributed by atoms with E-state index in [1.54, 1.807) is 18.2 Å². The molecule has 0 bridgehead atoms. The maximum atomic E-state index is 10.4. The Morgan fingerprint density at radius 3 is 2.35 bits per heavy atom. The van der Waals surface area contributed by atoms with Crippen LogP contribution in [0.1, 0.15) is 46.4 Å². The van der Waals surface area contributed by atoms with Crippen molar-refractivity contribution in [2.24, 2.45) is 0 Å². The fraction of sp³-hybridized carbons (Fsp3) is 0.250. The summed E-state index contributed by atoms with van der Waals surface area (Å²) >= 11 is 6.34. The average molecular weight is 574 g/mol. The predicted octanol–water partition coefficient (Wildman–Crippen LogP) is 6.57. The molecule has 6 nitrogen and oxygen atoms in total. The molecule has 0 atom stereocenters. The molecule has 0 spiro atoms. The predicted molar refractivity (Wildman–Crippen MR) is 159 cm³/mol. The number of piperidine rings is 1. The second kappa shape index (κ2) is 12.4. The Kier molecular flexibility index (Phi) is 8.76. The number of hydrogen-bond acceptors (Lipinski definition) is 5. The third-order valence-electron chi connectivity index (χ3n) is 7.32. The summed E-state index contributed by atoms with van der Waals surface area (Å²) in [5, 5.41) is 0.818. The molecular weight excluding hydrogens is 542 g/mol. The maximum Gasteiger partial charge on any atom is 0.294 e. The summed E-state index contributed by atoms with van der Waals surface area (Å²) in [5.41, 5.74) is 10.6. The number of aromatic nitrogens is 2. The minimum absolute atomic E-state index is 0.0741. The van der Waals surface area contributed by atoms with Crippen molar-refractivity contribution in [3.63, 3.8) is 0 Å². The zero-order valence-electron chi connectivity index (χ0n) is 22.4. The first kappa shape index (κ1) is 28.2. The molecule has 8 heteroatoms. The SMILES string of the molecule is Cc1cncc(CN2CCC(=C3c4ccc(Cl)cc4CCc4cccnc43)CC2)c1.O=S(=O)(O)c1ccccc1. The highest BCUT2D eigenvalue weighted by atomic mass is 35.5. The molecule has 2 aromatic heterocycles. The Balaban J connectivity index is 0.000000274. The molecule has 1 aliphatic heterocycles. The second-order valence-electron chi connectivity index (χ2n) is 10.2. The van der Waals surface area contributed by atoms with Crippen LogP contribution in [0.25, 0.3) is 5.57 Å². The van der Waals surface area contributed by atoms with Crippen molar-refractivity contribution in [3.8, 4) is 0 Å². The molecule has 0 saturated carbocycles. The van der Waals surface area contributed by atoms with Crippen LogP contribution in [0, 0.1) is 6.92 Å². The molecule has 1 aliphatic carbocycles. The standard InChI is InChI=1S/C26H26ClN3.C6H6O3S/c1-18-13-19(16-28-15-18)17-30-11-8-20(9-12-30)25-24-7-6-23(27)14-22(24)5-4-21-3-2-10-29-26(21)25;7-10(8,9)6-4-2-1-3-5-6/h2-3,6-7,10,13-16H,4-5,8-9,11-12,17H2,1H3;1-5H,(H,7,8,9). The third kappa shape index (κ3) is 6.85. The number of benzene rings is 2. The Morgan fingerprint density at radius 2 is 1.65 bits per heavy atom. The minimum atomic E-state index is -4.00. The van der Waals surface area contributed by atoms with E-state index in [-0.39, 0.29) is 4.90 Å². The second-order valence-corrected chi connectivity index (χ2v) is 12.1. The van der Waals surface area contributed by atoms with Gasteiger partial charge in [0.1, 0.15) is 0 Å². The van der Waals surface area contributed by atoms with Crippen molar-refractivity contribution in [3.05, 3.63) is 129 Å². The van der Waals surface area contributed by atoms with Gasteiger partial charge < -0.3 is 0 Å². The average Bonchev–Trinajstić information content (AvgIpc) is 3.11. The Hall–Kier alpha value is -3.36. The van der Waals surface area contributed by atoms with Gasteiger partial charge in [0.15, 0.2) is 0 Å². The van der Waals surface area contributed by atoms with Gasteiger partial charge in [-0.1, -0.05) is 53.6 Å². The van der Waals surface area contributed by atoms with Crippen LogP contribution in [0.2, 0.25) is 5.02 Å². The molecule has 1 fully saturated rings. The van der Waals surface area contributed by atoms with Gasteiger partial charge in [-0.2, -0.15) is 8.42 Å². The third-order valence-corrected chi connectivity index (χ3v) is 8.42. The van der Waals surface area contributed by atoms with Crippen LogP contribution in [-0.2, 0) is 29.5 Å². The van der Waals surface area contributed by atoms with Crippen LogP contribution in [0.3, 0.4) is 0 Å². The van der Waals surface area contributed by atoms with Crippen LogP contribution in [0.4, 0.5) is 0 Å². The smallest absolute Gasteiger partial charge is 0.294 e. The van der Waals surface area contributed by atoms with E-state index in [1.807, 2.05) is 24.7 Å². The van der Waals surface area contributed by atoms with Gasteiger partial charge in [-0.15, -0.1) is 0 Å². The van der Waals surface area contributed by atoms with Crippen molar-refractivity contribution in [1.82, 2.24) is 14.9 Å². The Labute approximate surface area is 241 Å². The van der Waals surface area contributed by atoms with Crippen molar-refractivity contribution in [2.75, 3.05) is 13.1 Å². The Morgan fingerprint density at radius 1 is 0.900 bits per heavy atom. The molecule has 2 aliphatic rings. The number of nitrogens with zero attached hydrogens (tertiary/aromatic N) is 3. The summed E-state index contributed by atoms with van der Waals surface area (Å²) in [7, 11) is -4.00. The molecule has 1 N–H and O–H groups in total. The van der Waals surface area contributed by atoms with Crippen LogP contribution in [0.5, 0.6) is 0 Å². The molecule has 1 saturated heterocycles. The maximum absolute atomic E-state index is 10.4. The van der Waals surface area contributed by atoms with Crippen LogP contribution < -0.4 is 0 Å². The van der Waals surface area contributed by atoms with Crippen LogP contribution in [-0.4, -0.2) is 40.9 Å². The van der Waals surface area contributed by atoms with Crippen molar-refractivity contribution < 1.29 is 13.0 Å². The fourth-order valence-corrected chi connectivity index (χ4v) is 6.11. The summed E-state index contributed by atoms with van der Waals surface area (Å²) in [4.78, 5) is 11.7. The first-order valence-corrected chi connectivity index (χ1v) is 15.2. The summed E-state index contributed by atoms with van der Waals surface area (Å²) < 4.78 is 29.2. The number of fused-ring (bicyclic) bond motifs is 2. The number of rotatable bonds is 3. The lowest BCUT2D eigenvalue weighted by Gasteiger charge is -2.30. The quantitative estimate of drug-likeness (QED) is 0.279. The topological polar surface area (TPSA) is 83.4 Å². The monoisotopic (exact) mass is 573 g/mol.